The van der Waals surface area contributed by atoms with Gasteiger partial charge in [-0.3, -0.25) is 14.3 Å². The third-order valence-corrected chi connectivity index (χ3v) is 6.48. The maximum Gasteiger partial charge on any atom is 0.341 e. The largest absolute Gasteiger partial charge is 0.449 e. The fourth-order valence-corrected chi connectivity index (χ4v) is 4.02. The van der Waals surface area contributed by atoms with Crippen molar-refractivity contribution >= 4 is 28.9 Å². The van der Waals surface area contributed by atoms with Crippen molar-refractivity contribution < 1.29 is 14.3 Å². The lowest BCUT2D eigenvalue weighted by Gasteiger charge is -2.17. The zero-order valence-electron chi connectivity index (χ0n) is 21.5. The number of amides is 1. The number of aryl methyl sites for hydroxylation is 1. The third-order valence-electron chi connectivity index (χ3n) is 6.48. The lowest BCUT2D eigenvalue weighted by atomic mass is 10.1. The summed E-state index contributed by atoms with van der Waals surface area (Å²) in [6.45, 7) is 7.23. The normalized spacial score (nSPS) is 11.6. The molecule has 1 unspecified atom stereocenters. The quantitative estimate of drug-likeness (QED) is 0.349. The van der Waals surface area contributed by atoms with Gasteiger partial charge in [0, 0.05) is 12.7 Å². The van der Waals surface area contributed by atoms with E-state index in [-0.39, 0.29) is 11.2 Å². The minimum absolute atomic E-state index is 0.135. The van der Waals surface area contributed by atoms with E-state index in [0.717, 1.165) is 16.8 Å². The van der Waals surface area contributed by atoms with Crippen LogP contribution < -0.4 is 16.2 Å². The minimum Gasteiger partial charge on any atom is -0.449 e. The number of carbonyl (C=O) groups is 2. The lowest BCUT2D eigenvalue weighted by Crippen LogP contribution is -2.32. The van der Waals surface area contributed by atoms with Crippen LogP contribution in [0.1, 0.15) is 34.1 Å². The van der Waals surface area contributed by atoms with Crippen molar-refractivity contribution in [3.63, 3.8) is 0 Å². The second kappa shape index (κ2) is 10.6. The van der Waals surface area contributed by atoms with Gasteiger partial charge in [-0.1, -0.05) is 42.5 Å². The van der Waals surface area contributed by atoms with Gasteiger partial charge in [-0.25, -0.2) is 9.48 Å². The van der Waals surface area contributed by atoms with E-state index in [1.807, 2.05) is 56.3 Å². The average molecular weight is 499 g/mol. The summed E-state index contributed by atoms with van der Waals surface area (Å²) in [6, 6.07) is 22.0. The van der Waals surface area contributed by atoms with Crippen LogP contribution in [0.15, 0.2) is 77.6 Å². The number of anilines is 3. The smallest absolute Gasteiger partial charge is 0.341 e. The molecule has 0 saturated carbocycles. The first-order valence-electron chi connectivity index (χ1n) is 12.0. The molecule has 4 aromatic rings. The molecule has 0 spiro atoms. The number of rotatable bonds is 7. The number of esters is 1. The van der Waals surface area contributed by atoms with Gasteiger partial charge < -0.3 is 15.4 Å². The van der Waals surface area contributed by atoms with Gasteiger partial charge in [0.25, 0.3) is 11.5 Å². The number of hydrogen-bond donors (Lipinski definition) is 2. The Hall–Kier alpha value is -4.59. The van der Waals surface area contributed by atoms with Crippen LogP contribution in [0.2, 0.25) is 0 Å². The summed E-state index contributed by atoms with van der Waals surface area (Å²) >= 11 is 0. The Bertz CT molecular complexity index is 1520. The molecule has 0 aliphatic carbocycles. The molecule has 190 valence electrons. The van der Waals surface area contributed by atoms with Gasteiger partial charge >= 0.3 is 5.97 Å². The molecule has 0 saturated heterocycles. The molecule has 0 radical (unpaired) electrons. The van der Waals surface area contributed by atoms with E-state index in [4.69, 9.17) is 4.74 Å². The van der Waals surface area contributed by atoms with Crippen LogP contribution in [0.25, 0.3) is 5.69 Å². The van der Waals surface area contributed by atoms with E-state index in [2.05, 4.69) is 10.6 Å². The highest BCUT2D eigenvalue weighted by molar-refractivity contribution is 6.00. The van der Waals surface area contributed by atoms with Crippen molar-refractivity contribution in [2.24, 2.45) is 7.05 Å². The fourth-order valence-electron chi connectivity index (χ4n) is 4.02. The zero-order valence-corrected chi connectivity index (χ0v) is 21.5. The Labute approximate surface area is 215 Å². The number of benzene rings is 3. The van der Waals surface area contributed by atoms with Crippen molar-refractivity contribution in [1.29, 1.82) is 0 Å². The molecule has 0 aliphatic heterocycles. The molecule has 4 rings (SSSR count). The Morgan fingerprint density at radius 1 is 0.865 bits per heavy atom. The van der Waals surface area contributed by atoms with Crippen LogP contribution >= 0.6 is 0 Å². The van der Waals surface area contributed by atoms with Crippen LogP contribution in [-0.4, -0.2) is 27.3 Å². The molecule has 1 atom stereocenters. The first-order chi connectivity index (χ1) is 17.7. The number of aromatic nitrogens is 2. The summed E-state index contributed by atoms with van der Waals surface area (Å²) < 4.78 is 8.63. The van der Waals surface area contributed by atoms with Crippen LogP contribution in [-0.2, 0) is 16.6 Å². The fraction of sp³-hybridized carbons (Fsp3) is 0.207. The molecule has 3 aromatic carbocycles. The van der Waals surface area contributed by atoms with E-state index < -0.39 is 18.0 Å². The number of nitrogens with one attached hydrogen (secondary N) is 2. The average Bonchev–Trinajstić information content (AvgIpc) is 3.10. The van der Waals surface area contributed by atoms with Gasteiger partial charge in [0.1, 0.15) is 5.69 Å². The molecule has 0 aliphatic rings. The molecule has 8 heteroatoms. The van der Waals surface area contributed by atoms with Crippen LogP contribution in [0.5, 0.6) is 0 Å². The first-order valence-corrected chi connectivity index (χ1v) is 12.0. The van der Waals surface area contributed by atoms with Gasteiger partial charge in [0.2, 0.25) is 0 Å². The summed E-state index contributed by atoms with van der Waals surface area (Å²) in [5.74, 6) is -1.25. The summed E-state index contributed by atoms with van der Waals surface area (Å²) in [7, 11) is 1.74. The van der Waals surface area contributed by atoms with E-state index in [9.17, 15) is 14.4 Å². The van der Waals surface area contributed by atoms with Gasteiger partial charge in [0.15, 0.2) is 6.10 Å². The van der Waals surface area contributed by atoms with Crippen molar-refractivity contribution in [1.82, 2.24) is 9.36 Å². The topological polar surface area (TPSA) is 94.4 Å². The summed E-state index contributed by atoms with van der Waals surface area (Å²) in [4.78, 5) is 39.1. The standard InChI is InChI=1S/C29H30N4O4/c1-18-12-11-17-24(19(18)2)30-25-16-10-9-15-23(25)29(36)37-21(4)27(34)31-26-20(3)32(5)33(28(26)35)22-13-7-6-8-14-22/h6-17,21,30H,1-5H3,(H,31,34). The Balaban J connectivity index is 1.51. The molecule has 2 N–H and O–H groups in total. The third kappa shape index (κ3) is 5.18. The van der Waals surface area contributed by atoms with Crippen LogP contribution in [0.3, 0.4) is 0 Å². The first kappa shape index (κ1) is 25.5. The highest BCUT2D eigenvalue weighted by atomic mass is 16.5. The van der Waals surface area contributed by atoms with Crippen molar-refractivity contribution in [2.45, 2.75) is 33.8 Å². The predicted molar refractivity (Wildman–Crippen MR) is 145 cm³/mol. The second-order valence-corrected chi connectivity index (χ2v) is 8.89. The van der Waals surface area contributed by atoms with Gasteiger partial charge in [-0.2, -0.15) is 0 Å². The maximum atomic E-state index is 13.1. The molecule has 1 heterocycles. The van der Waals surface area contributed by atoms with Crippen LogP contribution in [0, 0.1) is 20.8 Å². The molecule has 0 bridgehead atoms. The number of nitrogens with zero attached hydrogens (tertiary/aromatic N) is 2. The van der Waals surface area contributed by atoms with E-state index >= 15 is 0 Å². The van der Waals surface area contributed by atoms with E-state index in [0.29, 0.717) is 22.6 Å². The molecule has 1 amide bonds. The number of carbonyl (C=O) groups excluding carboxylic acids is 2. The van der Waals surface area contributed by atoms with E-state index in [1.54, 1.807) is 49.0 Å². The Morgan fingerprint density at radius 2 is 1.51 bits per heavy atom. The van der Waals surface area contributed by atoms with Crippen molar-refractivity contribution in [2.75, 3.05) is 10.6 Å². The summed E-state index contributed by atoms with van der Waals surface area (Å²) in [5.41, 5.74) is 4.94. The highest BCUT2D eigenvalue weighted by Gasteiger charge is 2.24. The second-order valence-electron chi connectivity index (χ2n) is 8.89. The molecular formula is C29H30N4O4. The minimum atomic E-state index is -1.13. The molecule has 37 heavy (non-hydrogen) atoms. The Morgan fingerprint density at radius 3 is 2.24 bits per heavy atom. The van der Waals surface area contributed by atoms with Crippen LogP contribution in [0.4, 0.5) is 17.1 Å². The van der Waals surface area contributed by atoms with Gasteiger partial charge in [0.05, 0.1) is 22.6 Å². The van der Waals surface area contributed by atoms with Gasteiger partial charge in [-0.15, -0.1) is 0 Å². The van der Waals surface area contributed by atoms with E-state index in [1.165, 1.54) is 11.6 Å². The summed E-state index contributed by atoms with van der Waals surface area (Å²) in [6.07, 6.45) is -1.13. The van der Waals surface area contributed by atoms with Gasteiger partial charge in [-0.05, 0) is 69.2 Å². The number of hydrogen-bond acceptors (Lipinski definition) is 5. The molecule has 0 fully saturated rings. The SMILES string of the molecule is Cc1cccc(Nc2ccccc2C(=O)OC(C)C(=O)Nc2c(C)n(C)n(-c3ccccc3)c2=O)c1C. The molecule has 1 aromatic heterocycles. The Kier molecular flexibility index (Phi) is 7.29. The van der Waals surface area contributed by atoms with Crippen molar-refractivity contribution in [3.8, 4) is 5.69 Å². The molecule has 8 nitrogen and oxygen atoms in total. The molecular weight excluding hydrogens is 468 g/mol. The maximum absolute atomic E-state index is 13.1. The summed E-state index contributed by atoms with van der Waals surface area (Å²) in [5, 5.41) is 5.94. The predicted octanol–water partition coefficient (Wildman–Crippen LogP) is 5.03. The monoisotopic (exact) mass is 498 g/mol. The number of ether oxygens (including phenoxy) is 1. The van der Waals surface area contributed by atoms with Crippen molar-refractivity contribution in [3.05, 3.63) is 106 Å². The number of para-hydroxylation sites is 2. The lowest BCUT2D eigenvalue weighted by molar-refractivity contribution is -0.123. The zero-order chi connectivity index (χ0) is 26.7. The highest BCUT2D eigenvalue weighted by Crippen LogP contribution is 2.26.